The molecule has 1 atom stereocenters. The monoisotopic (exact) mass is 331 g/mol. The molecule has 0 aliphatic heterocycles. The maximum atomic E-state index is 10.0. The molecule has 0 spiro atoms. The third kappa shape index (κ3) is 8.43. The van der Waals surface area contributed by atoms with E-state index in [0.29, 0.717) is 0 Å². The van der Waals surface area contributed by atoms with Crippen molar-refractivity contribution in [2.45, 2.75) is 31.4 Å². The zero-order valence-corrected chi connectivity index (χ0v) is 14.5. The van der Waals surface area contributed by atoms with Crippen LogP contribution in [0.2, 0.25) is 0 Å². The van der Waals surface area contributed by atoms with E-state index in [1.54, 1.807) is 13.8 Å². The highest BCUT2D eigenvalue weighted by Gasteiger charge is 2.14. The van der Waals surface area contributed by atoms with Crippen LogP contribution in [0.25, 0.3) is 0 Å². The predicted molar refractivity (Wildman–Crippen MR) is 98.3 cm³/mol. The Bertz CT molecular complexity index is 519. The molecule has 2 aromatic carbocycles. The smallest absolute Gasteiger partial charge is 0.320 e. The number of aliphatic carboxylic acids is 1. The molecule has 4 heteroatoms. The summed E-state index contributed by atoms with van der Waals surface area (Å²) >= 11 is 1.96. The van der Waals surface area contributed by atoms with Gasteiger partial charge in [0.15, 0.2) is 0 Å². The molecule has 0 unspecified atom stereocenters. The first-order chi connectivity index (χ1) is 11.0. The van der Waals surface area contributed by atoms with Gasteiger partial charge in [0.1, 0.15) is 6.04 Å². The van der Waals surface area contributed by atoms with Crippen LogP contribution in [0.1, 0.15) is 25.0 Å². The molecule has 0 saturated carbocycles. The molecule has 0 heterocycles. The second-order valence-corrected chi connectivity index (χ2v) is 6.56. The van der Waals surface area contributed by atoms with Crippen molar-refractivity contribution in [2.24, 2.45) is 11.7 Å². The van der Waals surface area contributed by atoms with Crippen molar-refractivity contribution >= 4 is 17.7 Å². The number of rotatable bonds is 6. The quantitative estimate of drug-likeness (QED) is 0.834. The molecule has 0 fully saturated rings. The van der Waals surface area contributed by atoms with E-state index in [1.807, 2.05) is 11.8 Å². The zero-order chi connectivity index (χ0) is 17.1. The van der Waals surface area contributed by atoms with E-state index in [9.17, 15) is 4.79 Å². The van der Waals surface area contributed by atoms with Crippen LogP contribution in [0.15, 0.2) is 60.7 Å². The molecule has 23 heavy (non-hydrogen) atoms. The van der Waals surface area contributed by atoms with Gasteiger partial charge in [0.25, 0.3) is 0 Å². The van der Waals surface area contributed by atoms with Crippen LogP contribution in [-0.4, -0.2) is 17.1 Å². The second-order valence-electron chi connectivity index (χ2n) is 5.57. The van der Waals surface area contributed by atoms with Gasteiger partial charge >= 0.3 is 5.97 Å². The lowest BCUT2D eigenvalue weighted by atomic mass is 10.1. The van der Waals surface area contributed by atoms with Crippen LogP contribution in [0.5, 0.6) is 0 Å². The highest BCUT2D eigenvalue weighted by Crippen LogP contribution is 2.17. The Labute approximate surface area is 142 Å². The number of hydrogen-bond donors (Lipinski definition) is 2. The SMILES string of the molecule is CC(C)[C@H](N)C(=O)O.c1ccc(CSCc2ccccc2)cc1. The average Bonchev–Trinajstić information content (AvgIpc) is 2.56. The van der Waals surface area contributed by atoms with Gasteiger partial charge in [-0.1, -0.05) is 74.5 Å². The zero-order valence-electron chi connectivity index (χ0n) is 13.7. The maximum Gasteiger partial charge on any atom is 0.320 e. The third-order valence-electron chi connectivity index (χ3n) is 3.23. The van der Waals surface area contributed by atoms with E-state index in [1.165, 1.54) is 11.1 Å². The number of nitrogens with two attached hydrogens (primary N) is 1. The van der Waals surface area contributed by atoms with Crippen LogP contribution in [0, 0.1) is 5.92 Å². The van der Waals surface area contributed by atoms with Crippen LogP contribution < -0.4 is 5.73 Å². The Morgan fingerprint density at radius 2 is 1.35 bits per heavy atom. The molecule has 0 saturated heterocycles. The first kappa shape index (κ1) is 19.3. The van der Waals surface area contributed by atoms with Crippen molar-refractivity contribution in [3.05, 3.63) is 71.8 Å². The van der Waals surface area contributed by atoms with Crippen molar-refractivity contribution in [2.75, 3.05) is 0 Å². The lowest BCUT2D eigenvalue weighted by Crippen LogP contribution is -2.34. The fourth-order valence-electron chi connectivity index (χ4n) is 1.72. The molecule has 3 nitrogen and oxygen atoms in total. The molecule has 0 radical (unpaired) electrons. The molecule has 0 aliphatic rings. The minimum absolute atomic E-state index is 0.0208. The van der Waals surface area contributed by atoms with Gasteiger partial charge in [-0.05, 0) is 17.0 Å². The summed E-state index contributed by atoms with van der Waals surface area (Å²) < 4.78 is 0. The van der Waals surface area contributed by atoms with Crippen LogP contribution in [-0.2, 0) is 16.3 Å². The highest BCUT2D eigenvalue weighted by atomic mass is 32.2. The fourth-order valence-corrected chi connectivity index (χ4v) is 2.68. The summed E-state index contributed by atoms with van der Waals surface area (Å²) in [7, 11) is 0. The summed E-state index contributed by atoms with van der Waals surface area (Å²) in [6, 6.07) is 20.5. The number of benzene rings is 2. The van der Waals surface area contributed by atoms with Gasteiger partial charge < -0.3 is 10.8 Å². The number of carboxylic acids is 1. The molecule has 124 valence electrons. The third-order valence-corrected chi connectivity index (χ3v) is 4.30. The maximum absolute atomic E-state index is 10.0. The molecule has 3 N–H and O–H groups in total. The van der Waals surface area contributed by atoms with E-state index < -0.39 is 12.0 Å². The van der Waals surface area contributed by atoms with Gasteiger partial charge in [0, 0.05) is 11.5 Å². The number of hydrogen-bond acceptors (Lipinski definition) is 3. The Morgan fingerprint density at radius 1 is 0.957 bits per heavy atom. The molecular formula is C19H25NO2S. The topological polar surface area (TPSA) is 63.3 Å². The molecule has 0 amide bonds. The normalized spacial score (nSPS) is 11.5. The van der Waals surface area contributed by atoms with E-state index in [0.717, 1.165) is 11.5 Å². The van der Waals surface area contributed by atoms with E-state index in [-0.39, 0.29) is 5.92 Å². The molecule has 0 aliphatic carbocycles. The average molecular weight is 331 g/mol. The Balaban J connectivity index is 0.000000284. The molecule has 2 rings (SSSR count). The standard InChI is InChI=1S/C14H14S.C5H11NO2/c1-3-7-13(8-4-1)11-15-12-14-9-5-2-6-10-14;1-3(2)4(6)5(7)8/h1-10H,11-12H2;3-4H,6H2,1-2H3,(H,7,8)/t;4-/m.0/s1. The lowest BCUT2D eigenvalue weighted by molar-refractivity contribution is -0.139. The molecule has 0 aromatic heterocycles. The van der Waals surface area contributed by atoms with Crippen LogP contribution >= 0.6 is 11.8 Å². The summed E-state index contributed by atoms with van der Waals surface area (Å²) in [5, 5.41) is 8.23. The van der Waals surface area contributed by atoms with E-state index in [2.05, 4.69) is 60.7 Å². The van der Waals surface area contributed by atoms with Crippen molar-refractivity contribution in [1.29, 1.82) is 0 Å². The second kappa shape index (κ2) is 10.9. The summed E-state index contributed by atoms with van der Waals surface area (Å²) in [6.45, 7) is 3.55. The van der Waals surface area contributed by atoms with Crippen molar-refractivity contribution in [1.82, 2.24) is 0 Å². The summed E-state index contributed by atoms with van der Waals surface area (Å²) in [6.07, 6.45) is 0. The largest absolute Gasteiger partial charge is 0.480 e. The molecule has 0 bridgehead atoms. The summed E-state index contributed by atoms with van der Waals surface area (Å²) in [4.78, 5) is 10.0. The van der Waals surface area contributed by atoms with Gasteiger partial charge in [0.2, 0.25) is 0 Å². The summed E-state index contributed by atoms with van der Waals surface area (Å²) in [5.74, 6) is 1.28. The van der Waals surface area contributed by atoms with Crippen molar-refractivity contribution in [3.63, 3.8) is 0 Å². The summed E-state index contributed by atoms with van der Waals surface area (Å²) in [5.41, 5.74) is 7.96. The first-order valence-corrected chi connectivity index (χ1v) is 8.80. The van der Waals surface area contributed by atoms with Gasteiger partial charge in [0.05, 0.1) is 0 Å². The Hall–Kier alpha value is -1.78. The molecular weight excluding hydrogens is 306 g/mol. The van der Waals surface area contributed by atoms with Crippen molar-refractivity contribution in [3.8, 4) is 0 Å². The number of carbonyl (C=O) groups is 1. The minimum atomic E-state index is -0.931. The molecule has 2 aromatic rings. The van der Waals surface area contributed by atoms with Gasteiger partial charge in [-0.25, -0.2) is 0 Å². The van der Waals surface area contributed by atoms with Crippen LogP contribution in [0.4, 0.5) is 0 Å². The lowest BCUT2D eigenvalue weighted by Gasteiger charge is -2.07. The fraction of sp³-hybridized carbons (Fsp3) is 0.316. The highest BCUT2D eigenvalue weighted by molar-refractivity contribution is 7.97. The van der Waals surface area contributed by atoms with Gasteiger partial charge in [-0.15, -0.1) is 0 Å². The predicted octanol–water partition coefficient (Wildman–Crippen LogP) is 4.17. The van der Waals surface area contributed by atoms with Gasteiger partial charge in [-0.2, -0.15) is 11.8 Å². The van der Waals surface area contributed by atoms with Crippen LogP contribution in [0.3, 0.4) is 0 Å². The number of thioether (sulfide) groups is 1. The first-order valence-electron chi connectivity index (χ1n) is 7.64. The minimum Gasteiger partial charge on any atom is -0.480 e. The van der Waals surface area contributed by atoms with Crippen molar-refractivity contribution < 1.29 is 9.90 Å². The Kier molecular flexibility index (Phi) is 9.10. The van der Waals surface area contributed by atoms with E-state index >= 15 is 0 Å². The van der Waals surface area contributed by atoms with E-state index in [4.69, 9.17) is 10.8 Å². The Morgan fingerprint density at radius 3 is 1.61 bits per heavy atom. The number of carboxylic acid groups (broad SMARTS) is 1. The van der Waals surface area contributed by atoms with Gasteiger partial charge in [-0.3, -0.25) is 4.79 Å².